The summed E-state index contributed by atoms with van der Waals surface area (Å²) in [5, 5.41) is 0. The van der Waals surface area contributed by atoms with E-state index in [1.807, 2.05) is 6.92 Å². The summed E-state index contributed by atoms with van der Waals surface area (Å²) in [4.78, 5) is 11.5. The van der Waals surface area contributed by atoms with Crippen LogP contribution in [0.5, 0.6) is 0 Å². The largest absolute Gasteiger partial charge is 0.462 e. The summed E-state index contributed by atoms with van der Waals surface area (Å²) in [6.07, 6.45) is 4.42. The van der Waals surface area contributed by atoms with E-state index in [1.54, 1.807) is 0 Å². The Morgan fingerprint density at radius 1 is 1.44 bits per heavy atom. The van der Waals surface area contributed by atoms with Crippen LogP contribution in [-0.2, 0) is 9.53 Å². The summed E-state index contributed by atoms with van der Waals surface area (Å²) in [5.41, 5.74) is 0.392. The van der Waals surface area contributed by atoms with Crippen molar-refractivity contribution >= 4 is 5.97 Å². The first-order chi connectivity index (χ1) is 7.28. The minimum atomic E-state index is 0.0236. The first-order valence-corrected chi connectivity index (χ1v) is 6.48. The first kappa shape index (κ1) is 13.5. The van der Waals surface area contributed by atoms with E-state index in [4.69, 9.17) is 4.74 Å². The quantitative estimate of drug-likeness (QED) is 0.682. The standard InChI is InChI=1S/C14H26O2/c1-10(9-14(3,4)5)6-7-12-8-11(2)16-13(12)15/h10-12H,6-9H2,1-5H3/t10?,11-,12?/m0/s1. The van der Waals surface area contributed by atoms with Gasteiger partial charge in [-0.2, -0.15) is 0 Å². The highest BCUT2D eigenvalue weighted by molar-refractivity contribution is 5.74. The third-order valence-electron chi connectivity index (χ3n) is 3.24. The minimum Gasteiger partial charge on any atom is -0.462 e. The lowest BCUT2D eigenvalue weighted by molar-refractivity contribution is -0.144. The Kier molecular flexibility index (Phi) is 4.40. The predicted octanol–water partition coefficient (Wildman–Crippen LogP) is 3.79. The monoisotopic (exact) mass is 226 g/mol. The van der Waals surface area contributed by atoms with Crippen molar-refractivity contribution in [3.8, 4) is 0 Å². The van der Waals surface area contributed by atoms with E-state index in [-0.39, 0.29) is 18.0 Å². The van der Waals surface area contributed by atoms with E-state index in [0.29, 0.717) is 11.3 Å². The maximum Gasteiger partial charge on any atom is 0.309 e. The maximum absolute atomic E-state index is 11.5. The second kappa shape index (κ2) is 5.20. The van der Waals surface area contributed by atoms with Crippen molar-refractivity contribution in [2.75, 3.05) is 0 Å². The van der Waals surface area contributed by atoms with Crippen molar-refractivity contribution in [3.05, 3.63) is 0 Å². The Morgan fingerprint density at radius 2 is 2.06 bits per heavy atom. The summed E-state index contributed by atoms with van der Waals surface area (Å²) in [6, 6.07) is 0. The van der Waals surface area contributed by atoms with Gasteiger partial charge in [0, 0.05) is 0 Å². The smallest absolute Gasteiger partial charge is 0.309 e. The zero-order valence-electron chi connectivity index (χ0n) is 11.4. The van der Waals surface area contributed by atoms with Crippen LogP contribution in [0.1, 0.15) is 60.3 Å². The molecule has 2 heteroatoms. The van der Waals surface area contributed by atoms with Crippen molar-refractivity contribution in [1.29, 1.82) is 0 Å². The Morgan fingerprint density at radius 3 is 2.50 bits per heavy atom. The highest BCUT2D eigenvalue weighted by Crippen LogP contribution is 2.31. The number of hydrogen-bond acceptors (Lipinski definition) is 2. The van der Waals surface area contributed by atoms with Crippen molar-refractivity contribution in [2.45, 2.75) is 66.4 Å². The van der Waals surface area contributed by atoms with E-state index in [0.717, 1.165) is 19.3 Å². The van der Waals surface area contributed by atoms with Crippen molar-refractivity contribution in [1.82, 2.24) is 0 Å². The van der Waals surface area contributed by atoms with Crippen LogP contribution in [0.3, 0.4) is 0 Å². The molecule has 0 bridgehead atoms. The summed E-state index contributed by atoms with van der Waals surface area (Å²) in [7, 11) is 0. The molecule has 0 saturated carbocycles. The van der Waals surface area contributed by atoms with Crippen LogP contribution in [-0.4, -0.2) is 12.1 Å². The van der Waals surface area contributed by atoms with E-state index < -0.39 is 0 Å². The van der Waals surface area contributed by atoms with Crippen LogP contribution in [0, 0.1) is 17.3 Å². The number of rotatable bonds is 4. The lowest BCUT2D eigenvalue weighted by atomic mass is 9.82. The zero-order chi connectivity index (χ0) is 12.3. The molecule has 3 atom stereocenters. The number of esters is 1. The molecule has 1 aliphatic heterocycles. The van der Waals surface area contributed by atoms with E-state index in [1.165, 1.54) is 6.42 Å². The van der Waals surface area contributed by atoms with Crippen LogP contribution in [0.4, 0.5) is 0 Å². The number of ether oxygens (including phenoxy) is 1. The molecule has 0 aromatic rings. The molecule has 2 nitrogen and oxygen atoms in total. The number of carbonyl (C=O) groups excluding carboxylic acids is 1. The number of cyclic esters (lactones) is 1. The molecule has 0 aromatic heterocycles. The average molecular weight is 226 g/mol. The highest BCUT2D eigenvalue weighted by atomic mass is 16.5. The summed E-state index contributed by atoms with van der Waals surface area (Å²) in [6.45, 7) is 11.1. The SMILES string of the molecule is CC(CCC1C[C@H](C)OC1=O)CC(C)(C)C. The van der Waals surface area contributed by atoms with Gasteiger partial charge in [0.25, 0.3) is 0 Å². The molecule has 0 aliphatic carbocycles. The van der Waals surface area contributed by atoms with Crippen LogP contribution in [0.15, 0.2) is 0 Å². The molecular formula is C14H26O2. The lowest BCUT2D eigenvalue weighted by Crippen LogP contribution is -2.14. The van der Waals surface area contributed by atoms with Crippen molar-refractivity contribution in [2.24, 2.45) is 17.3 Å². The molecule has 0 aromatic carbocycles. The molecule has 1 saturated heterocycles. The van der Waals surface area contributed by atoms with E-state index in [9.17, 15) is 4.79 Å². The van der Waals surface area contributed by atoms with Gasteiger partial charge in [-0.25, -0.2) is 0 Å². The van der Waals surface area contributed by atoms with Gasteiger partial charge in [-0.3, -0.25) is 4.79 Å². The molecule has 94 valence electrons. The van der Waals surface area contributed by atoms with Crippen molar-refractivity contribution < 1.29 is 9.53 Å². The van der Waals surface area contributed by atoms with Gasteiger partial charge >= 0.3 is 5.97 Å². The molecule has 1 aliphatic rings. The molecule has 1 heterocycles. The summed E-state index contributed by atoms with van der Waals surface area (Å²) in [5.74, 6) is 0.886. The average Bonchev–Trinajstić information content (AvgIpc) is 2.38. The van der Waals surface area contributed by atoms with Gasteiger partial charge in [-0.15, -0.1) is 0 Å². The Bertz CT molecular complexity index is 240. The van der Waals surface area contributed by atoms with Crippen LogP contribution >= 0.6 is 0 Å². The van der Waals surface area contributed by atoms with Gasteiger partial charge in [0.1, 0.15) is 0 Å². The first-order valence-electron chi connectivity index (χ1n) is 6.48. The molecule has 0 N–H and O–H groups in total. The van der Waals surface area contributed by atoms with E-state index >= 15 is 0 Å². The third kappa shape index (κ3) is 4.54. The Hall–Kier alpha value is -0.530. The Labute approximate surface area is 99.8 Å². The summed E-state index contributed by atoms with van der Waals surface area (Å²) < 4.78 is 5.17. The van der Waals surface area contributed by atoms with Crippen LogP contribution in [0.2, 0.25) is 0 Å². The second-order valence-corrected chi connectivity index (χ2v) is 6.63. The van der Waals surface area contributed by atoms with Gasteiger partial charge in [-0.1, -0.05) is 27.7 Å². The van der Waals surface area contributed by atoms with Gasteiger partial charge in [-0.05, 0) is 43.9 Å². The predicted molar refractivity (Wildman–Crippen MR) is 66.1 cm³/mol. The molecule has 0 spiro atoms. The molecule has 16 heavy (non-hydrogen) atoms. The van der Waals surface area contributed by atoms with Crippen LogP contribution < -0.4 is 0 Å². The second-order valence-electron chi connectivity index (χ2n) is 6.63. The molecule has 1 rings (SSSR count). The maximum atomic E-state index is 11.5. The lowest BCUT2D eigenvalue weighted by Gasteiger charge is -2.23. The number of carbonyl (C=O) groups is 1. The molecule has 2 unspecified atom stereocenters. The third-order valence-corrected chi connectivity index (χ3v) is 3.24. The molecule has 0 amide bonds. The number of hydrogen-bond donors (Lipinski definition) is 0. The fourth-order valence-corrected chi connectivity index (χ4v) is 2.71. The van der Waals surface area contributed by atoms with Crippen LogP contribution in [0.25, 0.3) is 0 Å². The molecule has 0 radical (unpaired) electrons. The minimum absolute atomic E-state index is 0.0236. The fourth-order valence-electron chi connectivity index (χ4n) is 2.71. The normalized spacial score (nSPS) is 27.9. The molecule has 1 fully saturated rings. The van der Waals surface area contributed by atoms with Crippen molar-refractivity contribution in [3.63, 3.8) is 0 Å². The van der Waals surface area contributed by atoms with Gasteiger partial charge in [0.05, 0.1) is 12.0 Å². The highest BCUT2D eigenvalue weighted by Gasteiger charge is 2.31. The Balaban J connectivity index is 2.27. The summed E-state index contributed by atoms with van der Waals surface area (Å²) >= 11 is 0. The topological polar surface area (TPSA) is 26.3 Å². The van der Waals surface area contributed by atoms with Gasteiger partial charge in [0.15, 0.2) is 0 Å². The molecular weight excluding hydrogens is 200 g/mol. The fraction of sp³-hybridized carbons (Fsp3) is 0.929. The zero-order valence-corrected chi connectivity index (χ0v) is 11.4. The van der Waals surface area contributed by atoms with E-state index in [2.05, 4.69) is 27.7 Å². The van der Waals surface area contributed by atoms with Gasteiger partial charge in [0.2, 0.25) is 0 Å². The van der Waals surface area contributed by atoms with Gasteiger partial charge < -0.3 is 4.74 Å².